The number of aromatic nitrogens is 3. The van der Waals surface area contributed by atoms with Gasteiger partial charge in [-0.25, -0.2) is 14.8 Å². The van der Waals surface area contributed by atoms with Crippen LogP contribution < -0.4 is 11.1 Å². The number of benzene rings is 1. The number of nitrogens with one attached hydrogen (secondary N) is 1. The van der Waals surface area contributed by atoms with E-state index in [9.17, 15) is 9.90 Å². The number of rotatable bonds is 3. The fourth-order valence-corrected chi connectivity index (χ4v) is 3.38. The number of nitrogens with two attached hydrogens (primary N) is 1. The van der Waals surface area contributed by atoms with Crippen LogP contribution in [-0.2, 0) is 11.2 Å². The monoisotopic (exact) mass is 337 g/mol. The summed E-state index contributed by atoms with van der Waals surface area (Å²) in [4.78, 5) is 19.8. The molecular weight excluding hydrogens is 318 g/mol. The number of hydrogen-bond acceptors (Lipinski definition) is 5. The Morgan fingerprint density at radius 1 is 1.40 bits per heavy atom. The Morgan fingerprint density at radius 3 is 2.92 bits per heavy atom. The molecule has 1 aliphatic rings. The van der Waals surface area contributed by atoms with Gasteiger partial charge in [0.2, 0.25) is 0 Å². The number of carbonyl (C=O) groups is 1. The number of nitrogens with zero attached hydrogens (tertiary/aromatic N) is 3. The van der Waals surface area contributed by atoms with E-state index in [1.54, 1.807) is 0 Å². The van der Waals surface area contributed by atoms with Crippen molar-refractivity contribution in [1.82, 2.24) is 14.5 Å². The third-order valence-corrected chi connectivity index (χ3v) is 4.67. The van der Waals surface area contributed by atoms with Gasteiger partial charge >= 0.3 is 5.97 Å². The first-order valence-corrected chi connectivity index (χ1v) is 8.19. The number of carboxylic acids is 1. The molecule has 0 spiro atoms. The second kappa shape index (κ2) is 5.47. The van der Waals surface area contributed by atoms with E-state index < -0.39 is 12.0 Å². The molecule has 0 fully saturated rings. The highest BCUT2D eigenvalue weighted by Gasteiger charge is 2.27. The molecule has 4 rings (SSSR count). The molecule has 1 aromatic carbocycles. The van der Waals surface area contributed by atoms with Gasteiger partial charge < -0.3 is 20.7 Å². The van der Waals surface area contributed by atoms with Crippen molar-refractivity contribution >= 4 is 28.5 Å². The lowest BCUT2D eigenvalue weighted by molar-refractivity contribution is -0.137. The molecule has 0 amide bonds. The first-order valence-electron chi connectivity index (χ1n) is 8.19. The Balaban J connectivity index is 1.87. The van der Waals surface area contributed by atoms with Gasteiger partial charge in [-0.15, -0.1) is 0 Å². The van der Waals surface area contributed by atoms with Crippen LogP contribution in [0.25, 0.3) is 22.2 Å². The molecule has 7 heteroatoms. The van der Waals surface area contributed by atoms with Gasteiger partial charge in [0.25, 0.3) is 0 Å². The molecule has 25 heavy (non-hydrogen) atoms. The molecule has 0 aliphatic carbocycles. The minimum absolute atomic E-state index is 0.231. The summed E-state index contributed by atoms with van der Waals surface area (Å²) in [7, 11) is 0. The normalized spacial score (nSPS) is 16.2. The minimum atomic E-state index is -0.841. The summed E-state index contributed by atoms with van der Waals surface area (Å²) in [5.74, 6) is -0.400. The van der Waals surface area contributed by atoms with Gasteiger partial charge in [-0.3, -0.25) is 0 Å². The lowest BCUT2D eigenvalue weighted by Gasteiger charge is -2.07. The van der Waals surface area contributed by atoms with Gasteiger partial charge in [-0.2, -0.15) is 0 Å². The quantitative estimate of drug-likeness (QED) is 0.678. The standard InChI is InChI=1S/C18H19N5O2/c1-9(2)23-7-12(15-16(19)20-8-21-17(15)23)10-3-4-11-6-14(18(24)25)22-13(11)5-10/h3-5,7-9,14,22H,6H2,1-2H3,(H,24,25)(H2,19,20,21). The molecule has 2 aromatic heterocycles. The average molecular weight is 337 g/mol. The van der Waals surface area contributed by atoms with Gasteiger partial charge in [-0.05, 0) is 31.0 Å². The largest absolute Gasteiger partial charge is 0.480 e. The van der Waals surface area contributed by atoms with Gasteiger partial charge in [0.15, 0.2) is 0 Å². The third kappa shape index (κ3) is 2.39. The summed E-state index contributed by atoms with van der Waals surface area (Å²) in [6.07, 6.45) is 4.00. The molecule has 1 unspecified atom stereocenters. The smallest absolute Gasteiger partial charge is 0.326 e. The zero-order valence-corrected chi connectivity index (χ0v) is 14.0. The molecule has 0 radical (unpaired) electrons. The highest BCUT2D eigenvalue weighted by atomic mass is 16.4. The topological polar surface area (TPSA) is 106 Å². The third-order valence-electron chi connectivity index (χ3n) is 4.67. The number of carboxylic acid groups (broad SMARTS) is 1. The maximum Gasteiger partial charge on any atom is 0.326 e. The van der Waals surface area contributed by atoms with E-state index in [1.807, 2.05) is 24.4 Å². The van der Waals surface area contributed by atoms with Crippen molar-refractivity contribution in [3.63, 3.8) is 0 Å². The molecule has 3 heterocycles. The van der Waals surface area contributed by atoms with Gasteiger partial charge in [-0.1, -0.05) is 12.1 Å². The summed E-state index contributed by atoms with van der Waals surface area (Å²) < 4.78 is 2.07. The number of hydrogen-bond donors (Lipinski definition) is 3. The number of fused-ring (bicyclic) bond motifs is 2. The second-order valence-corrected chi connectivity index (χ2v) is 6.61. The Labute approximate surface area is 144 Å². The summed E-state index contributed by atoms with van der Waals surface area (Å²) in [6.45, 7) is 4.17. The summed E-state index contributed by atoms with van der Waals surface area (Å²) >= 11 is 0. The Hall–Kier alpha value is -3.09. The van der Waals surface area contributed by atoms with Crippen molar-refractivity contribution < 1.29 is 9.90 Å². The lowest BCUT2D eigenvalue weighted by atomic mass is 10.0. The summed E-state index contributed by atoms with van der Waals surface area (Å²) in [5.41, 5.74) is 10.7. The van der Waals surface area contributed by atoms with E-state index in [4.69, 9.17) is 5.73 Å². The van der Waals surface area contributed by atoms with E-state index in [2.05, 4.69) is 33.7 Å². The average Bonchev–Trinajstić information content (AvgIpc) is 3.16. The fourth-order valence-electron chi connectivity index (χ4n) is 3.38. The van der Waals surface area contributed by atoms with E-state index in [0.717, 1.165) is 33.4 Å². The minimum Gasteiger partial charge on any atom is -0.480 e. The van der Waals surface area contributed by atoms with Crippen LogP contribution in [0.2, 0.25) is 0 Å². The molecule has 128 valence electrons. The number of nitrogen functional groups attached to an aromatic ring is 1. The van der Waals surface area contributed by atoms with Crippen LogP contribution >= 0.6 is 0 Å². The zero-order chi connectivity index (χ0) is 17.7. The van der Waals surface area contributed by atoms with E-state index >= 15 is 0 Å². The van der Waals surface area contributed by atoms with E-state index in [-0.39, 0.29) is 6.04 Å². The van der Waals surface area contributed by atoms with Crippen LogP contribution in [0.5, 0.6) is 0 Å². The Kier molecular flexibility index (Phi) is 3.38. The molecule has 7 nitrogen and oxygen atoms in total. The molecule has 4 N–H and O–H groups in total. The van der Waals surface area contributed by atoms with E-state index in [1.165, 1.54) is 6.33 Å². The maximum absolute atomic E-state index is 11.2. The number of anilines is 2. The molecule has 0 saturated heterocycles. The Morgan fingerprint density at radius 2 is 2.20 bits per heavy atom. The molecule has 1 atom stereocenters. The van der Waals surface area contributed by atoms with Crippen LogP contribution in [0.4, 0.5) is 11.5 Å². The van der Waals surface area contributed by atoms with Crippen molar-refractivity contribution in [1.29, 1.82) is 0 Å². The van der Waals surface area contributed by atoms with E-state index in [0.29, 0.717) is 12.2 Å². The molecule has 0 bridgehead atoms. The zero-order valence-electron chi connectivity index (χ0n) is 14.0. The van der Waals surface area contributed by atoms with Gasteiger partial charge in [0.05, 0.1) is 5.39 Å². The van der Waals surface area contributed by atoms with Crippen molar-refractivity contribution in [3.8, 4) is 11.1 Å². The van der Waals surface area contributed by atoms with Crippen molar-refractivity contribution in [2.45, 2.75) is 32.4 Å². The molecular formula is C18H19N5O2. The highest BCUT2D eigenvalue weighted by Crippen LogP contribution is 2.37. The van der Waals surface area contributed by atoms with Gasteiger partial charge in [0.1, 0.15) is 23.8 Å². The van der Waals surface area contributed by atoms with Crippen molar-refractivity contribution in [2.24, 2.45) is 0 Å². The predicted molar refractivity (Wildman–Crippen MR) is 96.5 cm³/mol. The predicted octanol–water partition coefficient (Wildman–Crippen LogP) is 2.68. The molecule has 1 aliphatic heterocycles. The van der Waals surface area contributed by atoms with Crippen molar-refractivity contribution in [3.05, 3.63) is 36.3 Å². The first-order chi connectivity index (χ1) is 12.0. The number of aliphatic carboxylic acids is 1. The van der Waals surface area contributed by atoms with Crippen LogP contribution in [0.1, 0.15) is 25.5 Å². The summed E-state index contributed by atoms with van der Waals surface area (Å²) in [5, 5.41) is 13.1. The molecule has 0 saturated carbocycles. The second-order valence-electron chi connectivity index (χ2n) is 6.61. The maximum atomic E-state index is 11.2. The SMILES string of the molecule is CC(C)n1cc(-c2ccc3c(c2)NC(C(=O)O)C3)c2c(N)ncnc21. The summed E-state index contributed by atoms with van der Waals surface area (Å²) in [6, 6.07) is 5.60. The Bertz CT molecular complexity index is 993. The van der Waals surface area contributed by atoms with Crippen LogP contribution in [0, 0.1) is 0 Å². The fraction of sp³-hybridized carbons (Fsp3) is 0.278. The van der Waals surface area contributed by atoms with Crippen molar-refractivity contribution in [2.75, 3.05) is 11.1 Å². The highest BCUT2D eigenvalue weighted by molar-refractivity contribution is 6.01. The molecule has 3 aromatic rings. The van der Waals surface area contributed by atoms with Crippen LogP contribution in [0.3, 0.4) is 0 Å². The first kappa shape index (κ1) is 15.4. The van der Waals surface area contributed by atoms with Crippen LogP contribution in [-0.4, -0.2) is 31.7 Å². The van der Waals surface area contributed by atoms with Crippen LogP contribution in [0.15, 0.2) is 30.7 Å². The van der Waals surface area contributed by atoms with Gasteiger partial charge in [0, 0.05) is 29.9 Å². The lowest BCUT2D eigenvalue weighted by Crippen LogP contribution is -2.26.